The SMILES string of the molecule is Cc1cn(C)nc1CC=O. The quantitative estimate of drug-likeness (QED) is 0.557. The van der Waals surface area contributed by atoms with E-state index in [1.54, 1.807) is 4.68 Å². The predicted molar refractivity (Wildman–Crippen MR) is 37.7 cm³/mol. The summed E-state index contributed by atoms with van der Waals surface area (Å²) in [4.78, 5) is 10.1. The van der Waals surface area contributed by atoms with Crippen molar-refractivity contribution in [3.05, 3.63) is 17.5 Å². The van der Waals surface area contributed by atoms with E-state index in [0.717, 1.165) is 17.5 Å². The third kappa shape index (κ3) is 1.23. The van der Waals surface area contributed by atoms with Gasteiger partial charge in [-0.05, 0) is 12.5 Å². The van der Waals surface area contributed by atoms with E-state index in [-0.39, 0.29) is 0 Å². The molecule has 0 saturated heterocycles. The van der Waals surface area contributed by atoms with Crippen LogP contribution in [-0.4, -0.2) is 16.1 Å². The van der Waals surface area contributed by atoms with Gasteiger partial charge in [0.1, 0.15) is 6.29 Å². The molecule has 0 aliphatic rings. The van der Waals surface area contributed by atoms with Crippen LogP contribution in [0.4, 0.5) is 0 Å². The normalized spacial score (nSPS) is 9.80. The largest absolute Gasteiger partial charge is 0.303 e. The molecule has 0 saturated carbocycles. The summed E-state index contributed by atoms with van der Waals surface area (Å²) < 4.78 is 1.72. The van der Waals surface area contributed by atoms with Crippen LogP contribution >= 0.6 is 0 Å². The summed E-state index contributed by atoms with van der Waals surface area (Å²) in [5.74, 6) is 0. The van der Waals surface area contributed by atoms with E-state index in [1.807, 2.05) is 20.2 Å². The molecule has 10 heavy (non-hydrogen) atoms. The van der Waals surface area contributed by atoms with E-state index >= 15 is 0 Å². The Hall–Kier alpha value is -1.12. The lowest BCUT2D eigenvalue weighted by Gasteiger charge is -1.85. The van der Waals surface area contributed by atoms with Crippen LogP contribution in [0.2, 0.25) is 0 Å². The molecule has 1 aromatic heterocycles. The van der Waals surface area contributed by atoms with Crippen molar-refractivity contribution < 1.29 is 4.79 Å². The van der Waals surface area contributed by atoms with Gasteiger partial charge in [0, 0.05) is 19.7 Å². The highest BCUT2D eigenvalue weighted by atomic mass is 16.1. The number of nitrogens with zero attached hydrogens (tertiary/aromatic N) is 2. The number of hydrogen-bond acceptors (Lipinski definition) is 2. The zero-order chi connectivity index (χ0) is 7.56. The second-order valence-corrected chi connectivity index (χ2v) is 2.30. The molecule has 3 heteroatoms. The molecule has 1 aromatic rings. The molecule has 3 nitrogen and oxygen atoms in total. The van der Waals surface area contributed by atoms with Gasteiger partial charge in [0.25, 0.3) is 0 Å². The average molecular weight is 138 g/mol. The van der Waals surface area contributed by atoms with Crippen molar-refractivity contribution in [2.24, 2.45) is 7.05 Å². The van der Waals surface area contributed by atoms with Gasteiger partial charge in [-0.1, -0.05) is 0 Å². The Bertz CT molecular complexity index is 240. The molecule has 0 aliphatic heterocycles. The summed E-state index contributed by atoms with van der Waals surface area (Å²) in [5.41, 5.74) is 1.95. The highest BCUT2D eigenvalue weighted by molar-refractivity contribution is 5.54. The van der Waals surface area contributed by atoms with Crippen molar-refractivity contribution >= 4 is 6.29 Å². The monoisotopic (exact) mass is 138 g/mol. The zero-order valence-electron chi connectivity index (χ0n) is 6.16. The lowest BCUT2D eigenvalue weighted by Crippen LogP contribution is -1.92. The van der Waals surface area contributed by atoms with Crippen LogP contribution in [0.25, 0.3) is 0 Å². The van der Waals surface area contributed by atoms with E-state index in [4.69, 9.17) is 0 Å². The van der Waals surface area contributed by atoms with Crippen molar-refractivity contribution in [3.63, 3.8) is 0 Å². The standard InChI is InChI=1S/C7H10N2O/c1-6-5-9(2)8-7(6)3-4-10/h4-5H,3H2,1-2H3. The maximum absolute atomic E-state index is 10.1. The Morgan fingerprint density at radius 2 is 2.50 bits per heavy atom. The fraction of sp³-hybridized carbons (Fsp3) is 0.429. The fourth-order valence-corrected chi connectivity index (χ4v) is 0.934. The Balaban J connectivity index is 2.91. The number of aryl methyl sites for hydroxylation is 2. The van der Waals surface area contributed by atoms with Gasteiger partial charge in [0.05, 0.1) is 5.69 Å². The van der Waals surface area contributed by atoms with Gasteiger partial charge in [0.2, 0.25) is 0 Å². The molecule has 0 aromatic carbocycles. The van der Waals surface area contributed by atoms with E-state index in [1.165, 1.54) is 0 Å². The molecule has 1 heterocycles. The molecule has 54 valence electrons. The van der Waals surface area contributed by atoms with Gasteiger partial charge in [-0.25, -0.2) is 0 Å². The third-order valence-electron chi connectivity index (χ3n) is 1.39. The molecule has 0 amide bonds. The highest BCUT2D eigenvalue weighted by Crippen LogP contribution is 2.02. The number of hydrogen-bond donors (Lipinski definition) is 0. The molecule has 0 atom stereocenters. The molecule has 0 radical (unpaired) electrons. The number of aromatic nitrogens is 2. The van der Waals surface area contributed by atoms with Crippen LogP contribution in [0, 0.1) is 6.92 Å². The van der Waals surface area contributed by atoms with E-state index in [9.17, 15) is 4.79 Å². The first-order valence-electron chi connectivity index (χ1n) is 3.17. The van der Waals surface area contributed by atoms with Crippen molar-refractivity contribution in [3.8, 4) is 0 Å². The van der Waals surface area contributed by atoms with E-state index < -0.39 is 0 Å². The molecule has 0 bridgehead atoms. The molecule has 0 spiro atoms. The van der Waals surface area contributed by atoms with Crippen molar-refractivity contribution in [2.75, 3.05) is 0 Å². The molecule has 0 N–H and O–H groups in total. The summed E-state index contributed by atoms with van der Waals surface area (Å²) in [7, 11) is 1.85. The van der Waals surface area contributed by atoms with Crippen molar-refractivity contribution in [1.82, 2.24) is 9.78 Å². The van der Waals surface area contributed by atoms with Crippen LogP contribution in [-0.2, 0) is 18.3 Å². The molecular formula is C7H10N2O. The number of aldehydes is 1. The average Bonchev–Trinajstić information content (AvgIpc) is 2.13. The van der Waals surface area contributed by atoms with Crippen molar-refractivity contribution in [1.29, 1.82) is 0 Å². The molecule has 0 unspecified atom stereocenters. The molecule has 0 aliphatic carbocycles. The van der Waals surface area contributed by atoms with Crippen LogP contribution in [0.5, 0.6) is 0 Å². The number of carbonyl (C=O) groups is 1. The predicted octanol–water partition coefficient (Wildman–Crippen LogP) is 0.470. The number of rotatable bonds is 2. The van der Waals surface area contributed by atoms with Gasteiger partial charge < -0.3 is 4.79 Å². The van der Waals surface area contributed by atoms with Gasteiger partial charge in [-0.2, -0.15) is 5.10 Å². The number of carbonyl (C=O) groups excluding carboxylic acids is 1. The lowest BCUT2D eigenvalue weighted by molar-refractivity contribution is -0.107. The maximum Gasteiger partial charge on any atom is 0.126 e. The minimum absolute atomic E-state index is 0.423. The van der Waals surface area contributed by atoms with Gasteiger partial charge in [0.15, 0.2) is 0 Å². The van der Waals surface area contributed by atoms with Crippen LogP contribution in [0.15, 0.2) is 6.20 Å². The second kappa shape index (κ2) is 2.64. The Morgan fingerprint density at radius 3 is 2.90 bits per heavy atom. The molecule has 1 rings (SSSR count). The smallest absolute Gasteiger partial charge is 0.126 e. The third-order valence-corrected chi connectivity index (χ3v) is 1.39. The van der Waals surface area contributed by atoms with Gasteiger partial charge in [-0.3, -0.25) is 4.68 Å². The lowest BCUT2D eigenvalue weighted by atomic mass is 10.2. The summed E-state index contributed by atoms with van der Waals surface area (Å²) in [5, 5.41) is 4.09. The first-order valence-corrected chi connectivity index (χ1v) is 3.17. The minimum atomic E-state index is 0.423. The highest BCUT2D eigenvalue weighted by Gasteiger charge is 2.00. The zero-order valence-corrected chi connectivity index (χ0v) is 6.16. The first-order chi connectivity index (χ1) is 4.74. The van der Waals surface area contributed by atoms with Gasteiger partial charge >= 0.3 is 0 Å². The Labute approximate surface area is 59.7 Å². The topological polar surface area (TPSA) is 34.9 Å². The van der Waals surface area contributed by atoms with Crippen LogP contribution in [0.3, 0.4) is 0 Å². The first kappa shape index (κ1) is 6.99. The summed E-state index contributed by atoms with van der Waals surface area (Å²) in [6.45, 7) is 1.95. The summed E-state index contributed by atoms with van der Waals surface area (Å²) in [6.07, 6.45) is 3.20. The summed E-state index contributed by atoms with van der Waals surface area (Å²) >= 11 is 0. The molecular weight excluding hydrogens is 128 g/mol. The maximum atomic E-state index is 10.1. The van der Waals surface area contributed by atoms with E-state index in [0.29, 0.717) is 6.42 Å². The van der Waals surface area contributed by atoms with Crippen LogP contribution in [0.1, 0.15) is 11.3 Å². The Kier molecular flexibility index (Phi) is 1.85. The fourth-order valence-electron chi connectivity index (χ4n) is 0.934. The molecule has 0 fully saturated rings. The van der Waals surface area contributed by atoms with E-state index in [2.05, 4.69) is 5.10 Å². The minimum Gasteiger partial charge on any atom is -0.303 e. The van der Waals surface area contributed by atoms with Gasteiger partial charge in [-0.15, -0.1) is 0 Å². The van der Waals surface area contributed by atoms with Crippen molar-refractivity contribution in [2.45, 2.75) is 13.3 Å². The van der Waals surface area contributed by atoms with Crippen LogP contribution < -0.4 is 0 Å². The Morgan fingerprint density at radius 1 is 1.80 bits per heavy atom. The summed E-state index contributed by atoms with van der Waals surface area (Å²) in [6, 6.07) is 0. The second-order valence-electron chi connectivity index (χ2n) is 2.30.